The standard InChI is InChI=1S/C26H16ClN5O3/c27-17-8-10-18(11-9-17)30-26-31-23(20(14-28)24(33)32-26)16-5-3-6-19(12-16)29-25(34)22-13-15-4-1-2-7-21(15)35-22/h1-13H,(H,29,34)(H2,30,31,32,33). The Bertz CT molecular complexity index is 1630. The smallest absolute Gasteiger partial charge is 0.291 e. The first kappa shape index (κ1) is 21.9. The topological polar surface area (TPSA) is 124 Å². The van der Waals surface area contributed by atoms with Gasteiger partial charge < -0.3 is 15.1 Å². The van der Waals surface area contributed by atoms with Gasteiger partial charge in [-0.25, -0.2) is 4.98 Å². The van der Waals surface area contributed by atoms with Crippen molar-refractivity contribution < 1.29 is 9.21 Å². The zero-order valence-electron chi connectivity index (χ0n) is 18.0. The Labute approximate surface area is 203 Å². The second-order valence-electron chi connectivity index (χ2n) is 7.57. The lowest BCUT2D eigenvalue weighted by Gasteiger charge is -2.10. The van der Waals surface area contributed by atoms with Crippen LogP contribution in [0.3, 0.4) is 0 Å². The molecule has 5 aromatic rings. The Hall–Kier alpha value is -4.87. The average Bonchev–Trinajstić information content (AvgIpc) is 3.30. The number of carbonyl (C=O) groups excluding carboxylic acids is 1. The van der Waals surface area contributed by atoms with Crippen LogP contribution < -0.4 is 16.2 Å². The number of fused-ring (bicyclic) bond motifs is 1. The molecule has 0 atom stereocenters. The van der Waals surface area contributed by atoms with Crippen molar-refractivity contribution >= 4 is 45.8 Å². The number of amides is 1. The van der Waals surface area contributed by atoms with Gasteiger partial charge in [0.25, 0.3) is 11.5 Å². The Morgan fingerprint density at radius 3 is 2.57 bits per heavy atom. The quantitative estimate of drug-likeness (QED) is 0.295. The van der Waals surface area contributed by atoms with E-state index in [4.69, 9.17) is 16.0 Å². The molecule has 0 fully saturated rings. The van der Waals surface area contributed by atoms with Gasteiger partial charge >= 0.3 is 0 Å². The van der Waals surface area contributed by atoms with Gasteiger partial charge in [-0.1, -0.05) is 41.9 Å². The minimum absolute atomic E-state index is 0.146. The number of para-hydroxylation sites is 1. The van der Waals surface area contributed by atoms with Crippen molar-refractivity contribution in [2.45, 2.75) is 0 Å². The predicted molar refractivity (Wildman–Crippen MR) is 134 cm³/mol. The number of aromatic amines is 1. The fourth-order valence-corrected chi connectivity index (χ4v) is 3.67. The highest BCUT2D eigenvalue weighted by Gasteiger charge is 2.16. The number of nitriles is 1. The van der Waals surface area contributed by atoms with Gasteiger partial charge in [0, 0.05) is 27.3 Å². The molecule has 0 spiro atoms. The van der Waals surface area contributed by atoms with Gasteiger partial charge in [-0.05, 0) is 48.5 Å². The summed E-state index contributed by atoms with van der Waals surface area (Å²) < 4.78 is 5.62. The number of furan rings is 1. The molecular weight excluding hydrogens is 466 g/mol. The summed E-state index contributed by atoms with van der Waals surface area (Å²) in [5.74, 6) is -0.107. The van der Waals surface area contributed by atoms with Crippen LogP contribution in [0.5, 0.6) is 0 Å². The minimum Gasteiger partial charge on any atom is -0.451 e. The number of hydrogen-bond donors (Lipinski definition) is 3. The van der Waals surface area contributed by atoms with Gasteiger partial charge in [0.05, 0.1) is 5.69 Å². The second kappa shape index (κ2) is 9.17. The summed E-state index contributed by atoms with van der Waals surface area (Å²) in [5.41, 5.74) is 1.63. The normalized spacial score (nSPS) is 10.6. The fourth-order valence-electron chi connectivity index (χ4n) is 3.55. The van der Waals surface area contributed by atoms with Crippen LogP contribution in [-0.4, -0.2) is 15.9 Å². The van der Waals surface area contributed by atoms with E-state index in [1.165, 1.54) is 0 Å². The third-order valence-electron chi connectivity index (χ3n) is 5.18. The molecule has 170 valence electrons. The molecule has 2 heterocycles. The Morgan fingerprint density at radius 2 is 1.80 bits per heavy atom. The molecule has 9 heteroatoms. The first-order valence-electron chi connectivity index (χ1n) is 10.5. The highest BCUT2D eigenvalue weighted by molar-refractivity contribution is 6.30. The second-order valence-corrected chi connectivity index (χ2v) is 8.00. The molecule has 8 nitrogen and oxygen atoms in total. The van der Waals surface area contributed by atoms with Crippen LogP contribution in [0.15, 0.2) is 88.1 Å². The molecule has 3 aromatic carbocycles. The molecule has 3 N–H and O–H groups in total. The van der Waals surface area contributed by atoms with Gasteiger partial charge in [-0.3, -0.25) is 14.6 Å². The molecule has 0 saturated heterocycles. The average molecular weight is 482 g/mol. The number of halogens is 1. The zero-order chi connectivity index (χ0) is 24.4. The van der Waals surface area contributed by atoms with E-state index in [2.05, 4.69) is 20.6 Å². The van der Waals surface area contributed by atoms with E-state index in [0.29, 0.717) is 27.5 Å². The summed E-state index contributed by atoms with van der Waals surface area (Å²) in [5, 5.41) is 16.7. The van der Waals surface area contributed by atoms with E-state index in [1.807, 2.05) is 24.3 Å². The first-order chi connectivity index (χ1) is 17.0. The lowest BCUT2D eigenvalue weighted by Crippen LogP contribution is -2.16. The van der Waals surface area contributed by atoms with Crippen LogP contribution in [0.1, 0.15) is 16.1 Å². The molecule has 5 rings (SSSR count). The van der Waals surface area contributed by atoms with Crippen molar-refractivity contribution in [1.82, 2.24) is 9.97 Å². The molecule has 0 aliphatic rings. The molecule has 1 amide bonds. The van der Waals surface area contributed by atoms with E-state index >= 15 is 0 Å². The number of hydrogen-bond acceptors (Lipinski definition) is 6. The number of carbonyl (C=O) groups is 1. The number of H-pyrrole nitrogens is 1. The Kier molecular flexibility index (Phi) is 5.75. The van der Waals surface area contributed by atoms with E-state index in [1.54, 1.807) is 60.7 Å². The molecular formula is C26H16ClN5O3. The Balaban J connectivity index is 1.46. The predicted octanol–water partition coefficient (Wildman–Crippen LogP) is 5.70. The maximum absolute atomic E-state index is 12.7. The third kappa shape index (κ3) is 4.62. The zero-order valence-corrected chi connectivity index (χ0v) is 18.8. The van der Waals surface area contributed by atoms with Gasteiger partial charge in [0.1, 0.15) is 17.2 Å². The lowest BCUT2D eigenvalue weighted by atomic mass is 10.1. The number of benzene rings is 3. The number of aromatic nitrogens is 2. The van der Waals surface area contributed by atoms with E-state index in [0.717, 1.165) is 5.39 Å². The number of anilines is 3. The summed E-state index contributed by atoms with van der Waals surface area (Å²) >= 11 is 5.92. The van der Waals surface area contributed by atoms with Gasteiger partial charge in [-0.15, -0.1) is 0 Å². The van der Waals surface area contributed by atoms with Crippen LogP contribution >= 0.6 is 11.6 Å². The first-order valence-corrected chi connectivity index (χ1v) is 10.9. The van der Waals surface area contributed by atoms with E-state index in [9.17, 15) is 14.9 Å². The van der Waals surface area contributed by atoms with Crippen molar-refractivity contribution in [3.63, 3.8) is 0 Å². The molecule has 0 unspecified atom stereocenters. The van der Waals surface area contributed by atoms with Crippen LogP contribution in [0, 0.1) is 11.3 Å². The summed E-state index contributed by atoms with van der Waals surface area (Å²) in [6, 6.07) is 24.5. The van der Waals surface area contributed by atoms with Crippen molar-refractivity contribution in [3.8, 4) is 17.3 Å². The third-order valence-corrected chi connectivity index (χ3v) is 5.43. The maximum atomic E-state index is 12.7. The maximum Gasteiger partial charge on any atom is 0.291 e. The largest absolute Gasteiger partial charge is 0.451 e. The SMILES string of the molecule is N#Cc1c(-c2cccc(NC(=O)c3cc4ccccc4o3)c2)nc(Nc2ccc(Cl)cc2)[nH]c1=O. The number of nitrogens with zero attached hydrogens (tertiary/aromatic N) is 2. The number of rotatable bonds is 5. The molecule has 35 heavy (non-hydrogen) atoms. The molecule has 0 radical (unpaired) electrons. The van der Waals surface area contributed by atoms with E-state index in [-0.39, 0.29) is 23.0 Å². The highest BCUT2D eigenvalue weighted by atomic mass is 35.5. The van der Waals surface area contributed by atoms with Crippen molar-refractivity contribution in [2.75, 3.05) is 10.6 Å². The molecule has 0 aliphatic heterocycles. The van der Waals surface area contributed by atoms with Crippen molar-refractivity contribution in [3.05, 3.63) is 106 Å². The Morgan fingerprint density at radius 1 is 1.00 bits per heavy atom. The van der Waals surface area contributed by atoms with Crippen LogP contribution in [-0.2, 0) is 0 Å². The summed E-state index contributed by atoms with van der Waals surface area (Å²) in [4.78, 5) is 32.3. The highest BCUT2D eigenvalue weighted by Crippen LogP contribution is 2.26. The van der Waals surface area contributed by atoms with E-state index < -0.39 is 11.5 Å². The lowest BCUT2D eigenvalue weighted by molar-refractivity contribution is 0.0998. The molecule has 0 aliphatic carbocycles. The van der Waals surface area contributed by atoms with Gasteiger partial charge in [0.2, 0.25) is 5.95 Å². The van der Waals surface area contributed by atoms with Crippen molar-refractivity contribution in [2.24, 2.45) is 0 Å². The summed E-state index contributed by atoms with van der Waals surface area (Å²) in [6.07, 6.45) is 0. The van der Waals surface area contributed by atoms with Crippen LogP contribution in [0.25, 0.3) is 22.2 Å². The molecule has 0 bridgehead atoms. The molecule has 2 aromatic heterocycles. The minimum atomic E-state index is -0.592. The summed E-state index contributed by atoms with van der Waals surface area (Å²) in [7, 11) is 0. The van der Waals surface area contributed by atoms with Crippen LogP contribution in [0.2, 0.25) is 5.02 Å². The number of nitrogens with one attached hydrogen (secondary N) is 3. The fraction of sp³-hybridized carbons (Fsp3) is 0. The van der Waals surface area contributed by atoms with Crippen molar-refractivity contribution in [1.29, 1.82) is 5.26 Å². The monoisotopic (exact) mass is 481 g/mol. The molecule has 0 saturated carbocycles. The van der Waals surface area contributed by atoms with Crippen LogP contribution in [0.4, 0.5) is 17.3 Å². The van der Waals surface area contributed by atoms with Gasteiger partial charge in [0.15, 0.2) is 5.76 Å². The van der Waals surface area contributed by atoms with Gasteiger partial charge in [-0.2, -0.15) is 5.26 Å². The summed E-state index contributed by atoms with van der Waals surface area (Å²) in [6.45, 7) is 0.